The fourth-order valence-corrected chi connectivity index (χ4v) is 2.16. The lowest BCUT2D eigenvalue weighted by atomic mass is 9.79. The third-order valence-corrected chi connectivity index (χ3v) is 3.09. The molecular formula is C13H21NO4. The van der Waals surface area contributed by atoms with E-state index in [1.54, 1.807) is 6.08 Å². The Bertz CT molecular complexity index is 310. The molecule has 5 nitrogen and oxygen atoms in total. The fourth-order valence-electron chi connectivity index (χ4n) is 2.16. The molecule has 0 radical (unpaired) electrons. The van der Waals surface area contributed by atoms with Crippen molar-refractivity contribution in [3.8, 4) is 0 Å². The van der Waals surface area contributed by atoms with Crippen molar-refractivity contribution in [1.29, 1.82) is 0 Å². The molecule has 0 aromatic heterocycles. The lowest BCUT2D eigenvalue weighted by Gasteiger charge is -2.35. The van der Waals surface area contributed by atoms with Crippen LogP contribution in [0.25, 0.3) is 0 Å². The largest absolute Gasteiger partial charge is 0.480 e. The lowest BCUT2D eigenvalue weighted by Crippen LogP contribution is -2.40. The topological polar surface area (TPSA) is 66.8 Å². The van der Waals surface area contributed by atoms with Crippen LogP contribution in [0.4, 0.5) is 0 Å². The molecule has 1 aliphatic carbocycles. The van der Waals surface area contributed by atoms with Crippen LogP contribution in [0.5, 0.6) is 0 Å². The Morgan fingerprint density at radius 3 is 2.67 bits per heavy atom. The summed E-state index contributed by atoms with van der Waals surface area (Å²) >= 11 is 0. The maximum absolute atomic E-state index is 11.9. The Balaban J connectivity index is 2.33. The first kappa shape index (κ1) is 14.7. The van der Waals surface area contributed by atoms with E-state index in [2.05, 4.69) is 6.58 Å². The second-order valence-corrected chi connectivity index (χ2v) is 4.58. The van der Waals surface area contributed by atoms with Gasteiger partial charge in [-0.1, -0.05) is 6.08 Å². The van der Waals surface area contributed by atoms with Crippen LogP contribution in [0.15, 0.2) is 12.7 Å². The molecule has 0 aromatic carbocycles. The number of ether oxygens (including phenoxy) is 1. The van der Waals surface area contributed by atoms with Crippen molar-refractivity contribution in [2.45, 2.75) is 32.3 Å². The van der Waals surface area contributed by atoms with Crippen molar-refractivity contribution >= 4 is 11.9 Å². The van der Waals surface area contributed by atoms with Gasteiger partial charge < -0.3 is 14.7 Å². The lowest BCUT2D eigenvalue weighted by molar-refractivity contribution is -0.145. The number of carbonyl (C=O) groups is 2. The average molecular weight is 255 g/mol. The number of amides is 1. The van der Waals surface area contributed by atoms with Crippen molar-refractivity contribution in [3.05, 3.63) is 12.7 Å². The SMILES string of the molecule is C=CCN(CC(=O)O)C(=O)CC1CC(OCC)C1. The highest BCUT2D eigenvalue weighted by atomic mass is 16.5. The van der Waals surface area contributed by atoms with Gasteiger partial charge in [0.15, 0.2) is 0 Å². The summed E-state index contributed by atoms with van der Waals surface area (Å²) in [6.07, 6.45) is 4.03. The Morgan fingerprint density at radius 1 is 1.50 bits per heavy atom. The van der Waals surface area contributed by atoms with Crippen LogP contribution in [0.3, 0.4) is 0 Å². The van der Waals surface area contributed by atoms with Gasteiger partial charge in [0.25, 0.3) is 0 Å². The van der Waals surface area contributed by atoms with E-state index in [1.807, 2.05) is 6.92 Å². The number of aliphatic carboxylic acids is 1. The number of carboxylic acids is 1. The molecule has 0 aromatic rings. The van der Waals surface area contributed by atoms with Crippen LogP contribution in [0.2, 0.25) is 0 Å². The summed E-state index contributed by atoms with van der Waals surface area (Å²) in [5.74, 6) is -0.779. The Kier molecular flexibility index (Phi) is 5.85. The molecule has 1 rings (SSSR count). The Morgan fingerprint density at radius 2 is 2.17 bits per heavy atom. The highest BCUT2D eigenvalue weighted by Crippen LogP contribution is 2.33. The highest BCUT2D eigenvalue weighted by molar-refractivity contribution is 5.81. The van der Waals surface area contributed by atoms with E-state index >= 15 is 0 Å². The molecule has 1 amide bonds. The molecular weight excluding hydrogens is 234 g/mol. The first-order valence-corrected chi connectivity index (χ1v) is 6.28. The van der Waals surface area contributed by atoms with Gasteiger partial charge >= 0.3 is 5.97 Å². The quantitative estimate of drug-likeness (QED) is 0.664. The standard InChI is InChI=1S/C13H21NO4/c1-3-5-14(9-13(16)17)12(15)8-10-6-11(7-10)18-4-2/h3,10-11H,1,4-9H2,2H3,(H,16,17). The monoisotopic (exact) mass is 255 g/mol. The molecule has 0 heterocycles. The van der Waals surface area contributed by atoms with Crippen molar-refractivity contribution < 1.29 is 19.4 Å². The van der Waals surface area contributed by atoms with E-state index in [-0.39, 0.29) is 25.1 Å². The van der Waals surface area contributed by atoms with Gasteiger partial charge in [0, 0.05) is 19.6 Å². The molecule has 0 unspecified atom stereocenters. The van der Waals surface area contributed by atoms with Gasteiger partial charge in [-0.2, -0.15) is 0 Å². The minimum Gasteiger partial charge on any atom is -0.480 e. The first-order chi connectivity index (χ1) is 8.56. The molecule has 1 saturated carbocycles. The maximum Gasteiger partial charge on any atom is 0.323 e. The summed E-state index contributed by atoms with van der Waals surface area (Å²) in [6, 6.07) is 0. The minimum absolute atomic E-state index is 0.114. The van der Waals surface area contributed by atoms with Crippen molar-refractivity contribution in [3.63, 3.8) is 0 Å². The van der Waals surface area contributed by atoms with Gasteiger partial charge in [-0.25, -0.2) is 0 Å². The number of hydrogen-bond acceptors (Lipinski definition) is 3. The Labute approximate surface area is 107 Å². The second kappa shape index (κ2) is 7.16. The zero-order chi connectivity index (χ0) is 13.5. The van der Waals surface area contributed by atoms with Gasteiger partial charge in [0.1, 0.15) is 6.54 Å². The molecule has 0 atom stereocenters. The van der Waals surface area contributed by atoms with Crippen molar-refractivity contribution in [2.24, 2.45) is 5.92 Å². The number of hydrogen-bond donors (Lipinski definition) is 1. The Hall–Kier alpha value is -1.36. The van der Waals surface area contributed by atoms with E-state index < -0.39 is 5.97 Å². The summed E-state index contributed by atoms with van der Waals surface area (Å²) in [7, 11) is 0. The molecule has 1 fully saturated rings. The smallest absolute Gasteiger partial charge is 0.323 e. The van der Waals surface area contributed by atoms with E-state index in [0.29, 0.717) is 18.9 Å². The van der Waals surface area contributed by atoms with Crippen LogP contribution in [0.1, 0.15) is 26.2 Å². The van der Waals surface area contributed by atoms with Crippen LogP contribution in [-0.4, -0.2) is 47.7 Å². The van der Waals surface area contributed by atoms with Crippen LogP contribution in [-0.2, 0) is 14.3 Å². The third-order valence-electron chi connectivity index (χ3n) is 3.09. The number of carbonyl (C=O) groups excluding carboxylic acids is 1. The molecule has 102 valence electrons. The molecule has 0 saturated heterocycles. The number of nitrogens with zero attached hydrogens (tertiary/aromatic N) is 1. The van der Waals surface area contributed by atoms with Crippen LogP contribution >= 0.6 is 0 Å². The van der Waals surface area contributed by atoms with Gasteiger partial charge in [0.2, 0.25) is 5.91 Å². The number of carboxylic acid groups (broad SMARTS) is 1. The summed E-state index contributed by atoms with van der Waals surface area (Å²) in [6.45, 7) is 6.22. The summed E-state index contributed by atoms with van der Waals surface area (Å²) in [5.41, 5.74) is 0. The fraction of sp³-hybridized carbons (Fsp3) is 0.692. The van der Waals surface area contributed by atoms with Gasteiger partial charge in [0.05, 0.1) is 6.10 Å². The molecule has 1 N–H and O–H groups in total. The van der Waals surface area contributed by atoms with Gasteiger partial charge in [-0.3, -0.25) is 9.59 Å². The normalized spacial score (nSPS) is 22.1. The van der Waals surface area contributed by atoms with E-state index in [9.17, 15) is 9.59 Å². The van der Waals surface area contributed by atoms with E-state index in [1.165, 1.54) is 4.90 Å². The van der Waals surface area contributed by atoms with E-state index in [0.717, 1.165) is 12.8 Å². The summed E-state index contributed by atoms with van der Waals surface area (Å²) in [5, 5.41) is 8.73. The molecule has 18 heavy (non-hydrogen) atoms. The molecule has 0 bridgehead atoms. The predicted molar refractivity (Wildman–Crippen MR) is 67.2 cm³/mol. The van der Waals surface area contributed by atoms with Crippen molar-refractivity contribution in [1.82, 2.24) is 4.90 Å². The summed E-state index contributed by atoms with van der Waals surface area (Å²) < 4.78 is 5.43. The van der Waals surface area contributed by atoms with Gasteiger partial charge in [-0.15, -0.1) is 6.58 Å². The van der Waals surface area contributed by atoms with Crippen LogP contribution < -0.4 is 0 Å². The predicted octanol–water partition coefficient (Wildman–Crippen LogP) is 1.29. The zero-order valence-corrected chi connectivity index (χ0v) is 10.8. The molecule has 5 heteroatoms. The zero-order valence-electron chi connectivity index (χ0n) is 10.8. The molecule has 0 aliphatic heterocycles. The van der Waals surface area contributed by atoms with Crippen molar-refractivity contribution in [2.75, 3.05) is 19.7 Å². The van der Waals surface area contributed by atoms with Crippen LogP contribution in [0, 0.1) is 5.92 Å². The maximum atomic E-state index is 11.9. The highest BCUT2D eigenvalue weighted by Gasteiger charge is 2.32. The first-order valence-electron chi connectivity index (χ1n) is 6.28. The van der Waals surface area contributed by atoms with E-state index in [4.69, 9.17) is 9.84 Å². The molecule has 0 spiro atoms. The average Bonchev–Trinajstić information content (AvgIpc) is 2.25. The third kappa shape index (κ3) is 4.49. The van der Waals surface area contributed by atoms with Gasteiger partial charge in [-0.05, 0) is 25.7 Å². The number of rotatable bonds is 8. The molecule has 1 aliphatic rings. The summed E-state index contributed by atoms with van der Waals surface area (Å²) in [4.78, 5) is 23.9. The minimum atomic E-state index is -0.994. The second-order valence-electron chi connectivity index (χ2n) is 4.58.